The SMILES string of the molecule is C=CC(=O)NCC(C)SC. The summed E-state index contributed by atoms with van der Waals surface area (Å²) in [7, 11) is 0. The summed E-state index contributed by atoms with van der Waals surface area (Å²) in [5.41, 5.74) is 0. The van der Waals surface area contributed by atoms with E-state index in [0.717, 1.165) is 0 Å². The minimum absolute atomic E-state index is 0.0964. The molecule has 1 atom stereocenters. The second kappa shape index (κ2) is 5.35. The second-order valence-corrected chi connectivity index (χ2v) is 3.27. The summed E-state index contributed by atoms with van der Waals surface area (Å²) < 4.78 is 0. The smallest absolute Gasteiger partial charge is 0.243 e. The maximum atomic E-state index is 10.6. The third-order valence-corrected chi connectivity index (χ3v) is 2.12. The third-order valence-electron chi connectivity index (χ3n) is 1.15. The highest BCUT2D eigenvalue weighted by Crippen LogP contribution is 2.01. The Hall–Kier alpha value is -0.440. The van der Waals surface area contributed by atoms with Gasteiger partial charge in [-0.25, -0.2) is 0 Å². The first-order chi connectivity index (χ1) is 4.70. The normalized spacial score (nSPS) is 12.2. The summed E-state index contributed by atoms with van der Waals surface area (Å²) in [5.74, 6) is -0.0964. The van der Waals surface area contributed by atoms with E-state index in [1.807, 2.05) is 6.26 Å². The Morgan fingerprint density at radius 3 is 2.90 bits per heavy atom. The maximum Gasteiger partial charge on any atom is 0.243 e. The predicted molar refractivity (Wildman–Crippen MR) is 46.2 cm³/mol. The van der Waals surface area contributed by atoms with E-state index in [1.165, 1.54) is 6.08 Å². The van der Waals surface area contributed by atoms with Gasteiger partial charge in [0.1, 0.15) is 0 Å². The highest BCUT2D eigenvalue weighted by Gasteiger charge is 1.99. The lowest BCUT2D eigenvalue weighted by Gasteiger charge is -2.07. The van der Waals surface area contributed by atoms with Crippen LogP contribution in [0.2, 0.25) is 0 Å². The quantitative estimate of drug-likeness (QED) is 0.621. The van der Waals surface area contributed by atoms with Crippen LogP contribution >= 0.6 is 11.8 Å². The van der Waals surface area contributed by atoms with Crippen LogP contribution in [0.4, 0.5) is 0 Å². The van der Waals surface area contributed by atoms with E-state index in [4.69, 9.17) is 0 Å². The number of thioether (sulfide) groups is 1. The molecule has 0 fully saturated rings. The molecule has 2 nitrogen and oxygen atoms in total. The number of hydrogen-bond acceptors (Lipinski definition) is 2. The van der Waals surface area contributed by atoms with Gasteiger partial charge in [-0.05, 0) is 12.3 Å². The van der Waals surface area contributed by atoms with Crippen molar-refractivity contribution in [3.8, 4) is 0 Å². The lowest BCUT2D eigenvalue weighted by molar-refractivity contribution is -0.116. The van der Waals surface area contributed by atoms with E-state index < -0.39 is 0 Å². The molecule has 0 aliphatic rings. The fourth-order valence-corrected chi connectivity index (χ4v) is 0.650. The van der Waals surface area contributed by atoms with Gasteiger partial charge in [-0.15, -0.1) is 0 Å². The lowest BCUT2D eigenvalue weighted by atomic mass is 10.4. The molecule has 3 heteroatoms. The molecule has 1 unspecified atom stereocenters. The molecular formula is C7H13NOS. The topological polar surface area (TPSA) is 29.1 Å². The molecule has 1 N–H and O–H groups in total. The van der Waals surface area contributed by atoms with Gasteiger partial charge < -0.3 is 5.32 Å². The molecule has 0 aliphatic carbocycles. The maximum absolute atomic E-state index is 10.6. The van der Waals surface area contributed by atoms with Gasteiger partial charge in [0.2, 0.25) is 5.91 Å². The Labute approximate surface area is 66.1 Å². The zero-order valence-corrected chi connectivity index (χ0v) is 7.20. The molecule has 0 rings (SSSR count). The Kier molecular flexibility index (Phi) is 5.12. The van der Waals surface area contributed by atoms with Crippen LogP contribution in [-0.2, 0) is 4.79 Å². The molecule has 0 saturated carbocycles. The molecule has 0 spiro atoms. The number of nitrogens with one attached hydrogen (secondary N) is 1. The van der Waals surface area contributed by atoms with E-state index in [-0.39, 0.29) is 5.91 Å². The zero-order valence-electron chi connectivity index (χ0n) is 6.39. The Morgan fingerprint density at radius 1 is 1.90 bits per heavy atom. The van der Waals surface area contributed by atoms with Crippen molar-refractivity contribution in [2.75, 3.05) is 12.8 Å². The lowest BCUT2D eigenvalue weighted by Crippen LogP contribution is -2.27. The van der Waals surface area contributed by atoms with Crippen LogP contribution in [0.3, 0.4) is 0 Å². The number of rotatable bonds is 4. The minimum atomic E-state index is -0.0964. The van der Waals surface area contributed by atoms with Crippen molar-refractivity contribution in [2.24, 2.45) is 0 Å². The molecule has 0 aromatic carbocycles. The van der Waals surface area contributed by atoms with Gasteiger partial charge in [0, 0.05) is 11.8 Å². The Bertz CT molecular complexity index is 125. The van der Waals surface area contributed by atoms with E-state index in [0.29, 0.717) is 11.8 Å². The van der Waals surface area contributed by atoms with Gasteiger partial charge in [0.15, 0.2) is 0 Å². The van der Waals surface area contributed by atoms with Crippen LogP contribution in [0.1, 0.15) is 6.92 Å². The molecule has 0 saturated heterocycles. The second-order valence-electron chi connectivity index (χ2n) is 2.00. The molecule has 1 amide bonds. The molecule has 0 aliphatic heterocycles. The van der Waals surface area contributed by atoms with Gasteiger partial charge in [0.25, 0.3) is 0 Å². The fraction of sp³-hybridized carbons (Fsp3) is 0.571. The molecule has 0 aromatic rings. The number of hydrogen-bond donors (Lipinski definition) is 1. The highest BCUT2D eigenvalue weighted by molar-refractivity contribution is 7.99. The van der Waals surface area contributed by atoms with E-state index in [2.05, 4.69) is 18.8 Å². The first kappa shape index (κ1) is 9.56. The molecule has 0 aromatic heterocycles. The van der Waals surface area contributed by atoms with Gasteiger partial charge in [-0.1, -0.05) is 13.5 Å². The van der Waals surface area contributed by atoms with Gasteiger partial charge in [-0.2, -0.15) is 11.8 Å². The number of amides is 1. The average Bonchev–Trinajstić information content (AvgIpc) is 1.99. The summed E-state index contributed by atoms with van der Waals surface area (Å²) >= 11 is 1.73. The zero-order chi connectivity index (χ0) is 7.98. The van der Waals surface area contributed by atoms with Gasteiger partial charge in [-0.3, -0.25) is 4.79 Å². The number of carbonyl (C=O) groups excluding carboxylic acids is 1. The van der Waals surface area contributed by atoms with Crippen molar-refractivity contribution in [1.29, 1.82) is 0 Å². The predicted octanol–water partition coefficient (Wildman–Crippen LogP) is 1.04. The van der Waals surface area contributed by atoms with Crippen LogP contribution in [0.25, 0.3) is 0 Å². The van der Waals surface area contributed by atoms with Gasteiger partial charge >= 0.3 is 0 Å². The first-order valence-corrected chi connectivity index (χ1v) is 4.42. The van der Waals surface area contributed by atoms with Crippen LogP contribution in [0.15, 0.2) is 12.7 Å². The molecule has 0 heterocycles. The van der Waals surface area contributed by atoms with Crippen LogP contribution < -0.4 is 5.32 Å². The Morgan fingerprint density at radius 2 is 2.50 bits per heavy atom. The van der Waals surface area contributed by atoms with Crippen molar-refractivity contribution in [1.82, 2.24) is 5.32 Å². The average molecular weight is 159 g/mol. The molecule has 0 radical (unpaired) electrons. The van der Waals surface area contributed by atoms with Crippen LogP contribution in [0.5, 0.6) is 0 Å². The van der Waals surface area contributed by atoms with Crippen LogP contribution in [0, 0.1) is 0 Å². The van der Waals surface area contributed by atoms with Crippen molar-refractivity contribution in [3.05, 3.63) is 12.7 Å². The van der Waals surface area contributed by atoms with Crippen LogP contribution in [-0.4, -0.2) is 24.0 Å². The number of carbonyl (C=O) groups is 1. The first-order valence-electron chi connectivity index (χ1n) is 3.13. The van der Waals surface area contributed by atoms with Crippen molar-refractivity contribution in [2.45, 2.75) is 12.2 Å². The van der Waals surface area contributed by atoms with Crippen molar-refractivity contribution >= 4 is 17.7 Å². The summed E-state index contributed by atoms with van der Waals surface area (Å²) in [6, 6.07) is 0. The largest absolute Gasteiger partial charge is 0.351 e. The summed E-state index contributed by atoms with van der Waals surface area (Å²) in [5, 5.41) is 3.18. The van der Waals surface area contributed by atoms with Crippen molar-refractivity contribution in [3.63, 3.8) is 0 Å². The van der Waals surface area contributed by atoms with E-state index >= 15 is 0 Å². The van der Waals surface area contributed by atoms with Gasteiger partial charge in [0.05, 0.1) is 0 Å². The van der Waals surface area contributed by atoms with E-state index in [1.54, 1.807) is 11.8 Å². The summed E-state index contributed by atoms with van der Waals surface area (Å²) in [6.45, 7) is 6.12. The molecule has 58 valence electrons. The molecular weight excluding hydrogens is 146 g/mol. The standard InChI is InChI=1S/C7H13NOS/c1-4-7(9)8-5-6(2)10-3/h4,6H,1,5H2,2-3H3,(H,8,9). The summed E-state index contributed by atoms with van der Waals surface area (Å²) in [6.07, 6.45) is 3.30. The van der Waals surface area contributed by atoms with E-state index in [9.17, 15) is 4.79 Å². The monoisotopic (exact) mass is 159 g/mol. The molecule has 0 bridgehead atoms. The molecule has 10 heavy (non-hydrogen) atoms. The fourth-order valence-electron chi connectivity index (χ4n) is 0.400. The minimum Gasteiger partial charge on any atom is -0.351 e. The third kappa shape index (κ3) is 4.44. The Balaban J connectivity index is 3.34. The van der Waals surface area contributed by atoms with Crippen molar-refractivity contribution < 1.29 is 4.79 Å². The highest BCUT2D eigenvalue weighted by atomic mass is 32.2. The summed E-state index contributed by atoms with van der Waals surface area (Å²) in [4.78, 5) is 10.6.